The Morgan fingerprint density at radius 2 is 0.581 bits per heavy atom. The number of benzene rings is 8. The Morgan fingerprint density at radius 3 is 0.959 bits per heavy atom. The third-order valence-corrected chi connectivity index (χ3v) is 29.4. The van der Waals surface area contributed by atoms with Gasteiger partial charge in [0.15, 0.2) is 0 Å². The zero-order valence-corrected chi connectivity index (χ0v) is 89.6. The number of aromatic nitrogens is 13. The first kappa shape index (κ1) is 106. The second-order valence-corrected chi connectivity index (χ2v) is 44.6. The Labute approximate surface area is 876 Å². The van der Waals surface area contributed by atoms with Crippen LogP contribution < -0.4 is 0 Å². The van der Waals surface area contributed by atoms with Crippen molar-refractivity contribution in [2.24, 2.45) is 0 Å². The van der Waals surface area contributed by atoms with Crippen LogP contribution in [0.15, 0.2) is 293 Å². The molecule has 0 unspecified atom stereocenters. The molecule has 16 aromatic rings. The first-order valence-electron chi connectivity index (χ1n) is 54.4. The molecule has 13 nitrogen and oxygen atoms in total. The predicted molar refractivity (Wildman–Crippen MR) is 599 cm³/mol. The smallest absolute Gasteiger partial charge is 0.136 e. The molecule has 0 bridgehead atoms. The fourth-order valence-corrected chi connectivity index (χ4v) is 17.9. The summed E-state index contributed by atoms with van der Waals surface area (Å²) in [5, 5.41) is 8.70. The second kappa shape index (κ2) is 48.6. The number of halogens is 3. The van der Waals surface area contributed by atoms with Crippen LogP contribution in [-0.4, -0.2) is 65.0 Å². The van der Waals surface area contributed by atoms with Crippen LogP contribution in [0.25, 0.3) is 89.8 Å². The van der Waals surface area contributed by atoms with E-state index in [-0.39, 0.29) is 29.3 Å². The van der Waals surface area contributed by atoms with Crippen molar-refractivity contribution >= 4 is 0 Å². The Kier molecular flexibility index (Phi) is 34.7. The number of pyridine rings is 3. The maximum atomic E-state index is 14.4. The average Bonchev–Trinajstić information content (AvgIpc) is 1.63. The van der Waals surface area contributed by atoms with E-state index in [2.05, 4.69) is 331 Å². The molecule has 8 fully saturated rings. The van der Waals surface area contributed by atoms with Gasteiger partial charge in [-0.3, -0.25) is 54.8 Å². The van der Waals surface area contributed by atoms with E-state index in [1.165, 1.54) is 187 Å². The van der Waals surface area contributed by atoms with E-state index in [1.807, 2.05) is 89.1 Å². The molecule has 8 aromatic heterocycles. The topological polar surface area (TPSA) is 168 Å². The SMILES string of the molecule is CC(C)c1cc(-c2cnc(C3CC3)cn2)ccc1F.CC(C)c1cc(F)cc(-c2cnc(C3CC3)cn2)c1.CC(C)c1cccc(-c2ccc(C3(C)CC3)nc2)c1.CC(C)c1cccc(-c2ccc(C3CC3)cn2)c1.CC(C)c1cccc(-c2ccc(C3CC3)nc2)c1.CC(C)c1cccc(-c2ccc(C3CC3)nn2)c1.CC(C)c1cccc(-c2cnc(C3CC3)cn2)c1.CC(C)c1cccc(-c2cnc(C3CC3)cn2)c1F. The van der Waals surface area contributed by atoms with Crippen molar-refractivity contribution in [3.63, 3.8) is 0 Å². The van der Waals surface area contributed by atoms with Gasteiger partial charge < -0.3 is 0 Å². The normalized spacial score (nSPS) is 15.2. The van der Waals surface area contributed by atoms with Crippen LogP contribution in [-0.2, 0) is 5.41 Å². The minimum absolute atomic E-state index is 0.152. The van der Waals surface area contributed by atoms with Crippen LogP contribution in [0.5, 0.6) is 0 Å². The van der Waals surface area contributed by atoms with Crippen LogP contribution in [0.4, 0.5) is 13.2 Å². The molecule has 0 N–H and O–H groups in total. The highest BCUT2D eigenvalue weighted by molar-refractivity contribution is 5.68. The van der Waals surface area contributed by atoms with E-state index in [1.54, 1.807) is 43.0 Å². The molecule has 8 aliphatic carbocycles. The summed E-state index contributed by atoms with van der Waals surface area (Å²) in [6, 6.07) is 76.6. The molecule has 0 amide bonds. The summed E-state index contributed by atoms with van der Waals surface area (Å²) in [4.78, 5) is 49.5. The molecule has 8 aliphatic rings. The van der Waals surface area contributed by atoms with Crippen molar-refractivity contribution in [2.75, 3.05) is 0 Å². The fraction of sp³-hybridized carbons (Fsp3) is 0.371. The molecule has 760 valence electrons. The molecule has 0 aliphatic heterocycles. The van der Waals surface area contributed by atoms with Crippen molar-refractivity contribution in [3.05, 3.63) is 400 Å². The Morgan fingerprint density at radius 1 is 0.230 bits per heavy atom. The second-order valence-electron chi connectivity index (χ2n) is 44.6. The van der Waals surface area contributed by atoms with Gasteiger partial charge in [0.2, 0.25) is 0 Å². The molecule has 8 heterocycles. The maximum Gasteiger partial charge on any atom is 0.136 e. The van der Waals surface area contributed by atoms with Crippen LogP contribution in [0.2, 0.25) is 0 Å². The summed E-state index contributed by atoms with van der Waals surface area (Å²) < 4.78 is 41.7. The molecule has 0 atom stereocenters. The van der Waals surface area contributed by atoms with Gasteiger partial charge >= 0.3 is 0 Å². The van der Waals surface area contributed by atoms with Gasteiger partial charge in [-0.05, 0) is 308 Å². The molecule has 0 radical (unpaired) electrons. The van der Waals surface area contributed by atoms with Gasteiger partial charge in [-0.2, -0.15) is 10.2 Å². The van der Waals surface area contributed by atoms with Crippen molar-refractivity contribution < 1.29 is 13.2 Å². The highest BCUT2D eigenvalue weighted by atomic mass is 19.1. The molecule has 8 aromatic carbocycles. The summed E-state index contributed by atoms with van der Waals surface area (Å²) in [5.41, 5.74) is 35.0. The van der Waals surface area contributed by atoms with Gasteiger partial charge in [-0.1, -0.05) is 251 Å². The Hall–Kier alpha value is -13.6. The van der Waals surface area contributed by atoms with Gasteiger partial charge in [-0.25, -0.2) is 13.2 Å². The summed E-state index contributed by atoms with van der Waals surface area (Å²) in [7, 11) is 0. The van der Waals surface area contributed by atoms with Gasteiger partial charge in [0.1, 0.15) is 17.5 Å². The van der Waals surface area contributed by atoms with Crippen molar-refractivity contribution in [1.82, 2.24) is 65.0 Å². The molecule has 24 rings (SSSR count). The van der Waals surface area contributed by atoms with E-state index in [9.17, 15) is 13.2 Å². The maximum absolute atomic E-state index is 14.4. The lowest BCUT2D eigenvalue weighted by Crippen LogP contribution is -2.02. The van der Waals surface area contributed by atoms with Crippen molar-refractivity contribution in [3.8, 4) is 89.8 Å². The van der Waals surface area contributed by atoms with E-state index in [0.717, 1.165) is 108 Å². The molecular formula is C132H146F3N13. The summed E-state index contributed by atoms with van der Waals surface area (Å²) in [6.07, 6.45) is 40.9. The monoisotopic (exact) mass is 1970 g/mol. The standard InChI is InChI=1S/C18H21N.2C17H19N.3C16H17FN2.2C16H18N2/c1-13(2)14-5-4-6-15(11-14)16-7-8-17(19-12-16)18(3)9-10-18;1-12(2)14-4-3-5-15(10-14)16-8-9-17(18-11-16)13-6-7-13;1-12(2)14-4-3-5-15(10-14)17-9-8-16(11-18-17)13-6-7-13;1-10(2)12-5-13(7-14(17)6-12)16-9-18-15(8-19-16)11-3-4-11;1-10(2)13-7-12(5-6-14(13)17)16-9-18-15(8-19-16)11-3-4-11;1-10(2)12-4-3-5-13(16(12)17)15-9-18-14(8-19-15)11-6-7-11;1-11(2)13-4-3-5-14(8-13)16-10-17-15(9-18-16)12-6-7-12;1-11(2)13-4-3-5-14(10-13)16-9-8-15(17-18-16)12-6-7-12/h4-8,11-13H,9-10H2,1-3H3;2*3-5,8-13H,6-7H2,1-2H3;2*5-11H,3-4H2,1-2H3;3-5,8-11H,6-7H2,1-2H3;2*3-5,8-12H,6-7H2,1-2H3. The number of hydrogen-bond acceptors (Lipinski definition) is 13. The van der Waals surface area contributed by atoms with Crippen LogP contribution in [0, 0.1) is 17.5 Å². The zero-order valence-electron chi connectivity index (χ0n) is 89.6. The zero-order chi connectivity index (χ0) is 104. The Bertz CT molecular complexity index is 6620. The quantitative estimate of drug-likeness (QED) is 0.0561. The molecule has 8 saturated carbocycles. The number of nitrogens with zero attached hydrogens (tertiary/aromatic N) is 13. The lowest BCUT2D eigenvalue weighted by Gasteiger charge is -2.10. The number of rotatable bonds is 24. The van der Waals surface area contributed by atoms with Crippen LogP contribution >= 0.6 is 0 Å². The first-order valence-corrected chi connectivity index (χ1v) is 54.4. The predicted octanol–water partition coefficient (Wildman–Crippen LogP) is 35.6. The van der Waals surface area contributed by atoms with E-state index < -0.39 is 0 Å². The third-order valence-electron chi connectivity index (χ3n) is 29.4. The average molecular weight is 1970 g/mol. The van der Waals surface area contributed by atoms with E-state index in [4.69, 9.17) is 0 Å². The summed E-state index contributed by atoms with van der Waals surface area (Å²) in [6.45, 7) is 36.6. The highest BCUT2D eigenvalue weighted by Gasteiger charge is 2.40. The van der Waals surface area contributed by atoms with Gasteiger partial charge in [0.05, 0.1) is 87.4 Å². The molecule has 0 spiro atoms. The highest BCUT2D eigenvalue weighted by Crippen LogP contribution is 2.49. The molecular weight excluding hydrogens is 1820 g/mol. The third kappa shape index (κ3) is 29.3. The Balaban J connectivity index is 0.000000115. The van der Waals surface area contributed by atoms with Gasteiger partial charge in [0.25, 0.3) is 0 Å². The van der Waals surface area contributed by atoms with Crippen LogP contribution in [0.3, 0.4) is 0 Å². The molecule has 0 saturated heterocycles. The van der Waals surface area contributed by atoms with E-state index >= 15 is 0 Å². The van der Waals surface area contributed by atoms with Gasteiger partial charge in [-0.15, -0.1) is 0 Å². The fourth-order valence-electron chi connectivity index (χ4n) is 17.9. The summed E-state index contributed by atoms with van der Waals surface area (Å²) in [5.74, 6) is 7.54. The van der Waals surface area contributed by atoms with E-state index in [0.29, 0.717) is 81.8 Å². The van der Waals surface area contributed by atoms with Crippen molar-refractivity contribution in [2.45, 2.75) is 315 Å². The first-order chi connectivity index (χ1) is 71.5. The van der Waals surface area contributed by atoms with Crippen molar-refractivity contribution in [1.29, 1.82) is 0 Å². The summed E-state index contributed by atoms with van der Waals surface area (Å²) >= 11 is 0. The lowest BCUT2D eigenvalue weighted by atomic mass is 9.97. The largest absolute Gasteiger partial charge is 0.260 e. The molecule has 148 heavy (non-hydrogen) atoms. The van der Waals surface area contributed by atoms with Crippen LogP contribution in [0.1, 0.15) is 399 Å². The molecule has 16 heteroatoms. The minimum atomic E-state index is -0.214. The minimum Gasteiger partial charge on any atom is -0.260 e. The lowest BCUT2D eigenvalue weighted by molar-refractivity contribution is 0.598. The number of hydrogen-bond donors (Lipinski definition) is 0. The van der Waals surface area contributed by atoms with Gasteiger partial charge in [0, 0.05) is 140 Å².